The number of methoxy groups -OCH3 is 1. The second-order valence-electron chi connectivity index (χ2n) is 8.36. The van der Waals surface area contributed by atoms with Crippen LogP contribution in [-0.2, 0) is 11.2 Å². The molecule has 2 heterocycles. The van der Waals surface area contributed by atoms with Gasteiger partial charge in [-0.15, -0.1) is 0 Å². The van der Waals surface area contributed by atoms with Gasteiger partial charge in [0.25, 0.3) is 5.91 Å². The van der Waals surface area contributed by atoms with Crippen LogP contribution in [0.2, 0.25) is 0 Å². The molecular weight excluding hydrogens is 416 g/mol. The quantitative estimate of drug-likeness (QED) is 0.569. The van der Waals surface area contributed by atoms with Gasteiger partial charge in [-0.3, -0.25) is 4.79 Å². The van der Waals surface area contributed by atoms with Crippen molar-refractivity contribution in [2.24, 2.45) is 0 Å². The van der Waals surface area contributed by atoms with E-state index < -0.39 is 0 Å². The van der Waals surface area contributed by atoms with Gasteiger partial charge < -0.3 is 19.3 Å². The van der Waals surface area contributed by atoms with Crippen molar-refractivity contribution in [3.8, 4) is 5.75 Å². The molecule has 0 radical (unpaired) electrons. The normalized spacial score (nSPS) is 17.8. The third-order valence-corrected chi connectivity index (χ3v) is 6.38. The van der Waals surface area contributed by atoms with Crippen molar-refractivity contribution in [3.63, 3.8) is 0 Å². The number of hydrogen-bond donors (Lipinski definition) is 0. The fourth-order valence-corrected chi connectivity index (χ4v) is 4.54. The van der Waals surface area contributed by atoms with Crippen molar-refractivity contribution >= 4 is 17.6 Å². The highest BCUT2D eigenvalue weighted by molar-refractivity contribution is 5.98. The zero-order valence-corrected chi connectivity index (χ0v) is 18.6. The molecule has 0 spiro atoms. The molecule has 33 heavy (non-hydrogen) atoms. The minimum atomic E-state index is -0.337. The standard InChI is InChI=1S/C27H26N2O4/c1-32-23-9-5-8-22(18-23)28-12-14-29(15-13-28)26(30)20-10-11-24-21(16-20)17-25(33-27(24)31)19-6-3-2-4-7-19/h2-11,16,18,25H,12-15,17H2,1H3/t25-/m1/s1. The van der Waals surface area contributed by atoms with Gasteiger partial charge in [0.15, 0.2) is 0 Å². The van der Waals surface area contributed by atoms with Gasteiger partial charge in [-0.1, -0.05) is 36.4 Å². The molecule has 2 aliphatic heterocycles. The maximum atomic E-state index is 13.2. The summed E-state index contributed by atoms with van der Waals surface area (Å²) in [5.74, 6) is 0.488. The van der Waals surface area contributed by atoms with Crippen molar-refractivity contribution in [1.82, 2.24) is 4.90 Å². The van der Waals surface area contributed by atoms with Crippen LogP contribution in [0.1, 0.15) is 37.9 Å². The molecular formula is C27H26N2O4. The van der Waals surface area contributed by atoms with Crippen LogP contribution in [0.15, 0.2) is 72.8 Å². The molecule has 1 saturated heterocycles. The van der Waals surface area contributed by atoms with Gasteiger partial charge in [0.05, 0.1) is 12.7 Å². The smallest absolute Gasteiger partial charge is 0.339 e. The lowest BCUT2D eigenvalue weighted by Crippen LogP contribution is -2.48. The van der Waals surface area contributed by atoms with E-state index in [4.69, 9.17) is 9.47 Å². The second kappa shape index (κ2) is 8.98. The number of carbonyl (C=O) groups is 2. The van der Waals surface area contributed by atoms with Gasteiger partial charge in [-0.2, -0.15) is 0 Å². The fraction of sp³-hybridized carbons (Fsp3) is 0.259. The number of esters is 1. The summed E-state index contributed by atoms with van der Waals surface area (Å²) >= 11 is 0. The fourth-order valence-electron chi connectivity index (χ4n) is 4.54. The Morgan fingerprint density at radius 1 is 0.939 bits per heavy atom. The van der Waals surface area contributed by atoms with E-state index in [2.05, 4.69) is 11.0 Å². The summed E-state index contributed by atoms with van der Waals surface area (Å²) in [5.41, 5.74) is 4.08. The van der Waals surface area contributed by atoms with E-state index in [0.717, 1.165) is 35.7 Å². The molecule has 6 heteroatoms. The molecule has 3 aromatic carbocycles. The number of anilines is 1. The predicted molar refractivity (Wildman–Crippen MR) is 126 cm³/mol. The van der Waals surface area contributed by atoms with Gasteiger partial charge >= 0.3 is 5.97 Å². The van der Waals surface area contributed by atoms with E-state index in [1.165, 1.54) is 0 Å². The lowest BCUT2D eigenvalue weighted by atomic mass is 9.93. The highest BCUT2D eigenvalue weighted by Crippen LogP contribution is 2.31. The number of nitrogens with zero attached hydrogens (tertiary/aromatic N) is 2. The van der Waals surface area contributed by atoms with Gasteiger partial charge in [0.2, 0.25) is 0 Å². The topological polar surface area (TPSA) is 59.1 Å². The van der Waals surface area contributed by atoms with Crippen LogP contribution in [0.3, 0.4) is 0 Å². The average molecular weight is 443 g/mol. The van der Waals surface area contributed by atoms with Crippen LogP contribution >= 0.6 is 0 Å². The van der Waals surface area contributed by atoms with E-state index >= 15 is 0 Å². The molecule has 1 amide bonds. The van der Waals surface area contributed by atoms with Crippen LogP contribution in [0.5, 0.6) is 5.75 Å². The van der Waals surface area contributed by atoms with Crippen molar-refractivity contribution in [1.29, 1.82) is 0 Å². The minimum absolute atomic E-state index is 0.00158. The van der Waals surface area contributed by atoms with Gasteiger partial charge in [0.1, 0.15) is 11.9 Å². The highest BCUT2D eigenvalue weighted by atomic mass is 16.5. The number of cyclic esters (lactones) is 1. The molecule has 5 rings (SSSR count). The Labute approximate surface area is 193 Å². The lowest BCUT2D eigenvalue weighted by Gasteiger charge is -2.36. The minimum Gasteiger partial charge on any atom is -0.497 e. The first-order chi connectivity index (χ1) is 16.1. The molecule has 0 aromatic heterocycles. The molecule has 6 nitrogen and oxygen atoms in total. The largest absolute Gasteiger partial charge is 0.497 e. The number of carbonyl (C=O) groups excluding carboxylic acids is 2. The summed E-state index contributed by atoms with van der Waals surface area (Å²) in [7, 11) is 1.66. The first-order valence-corrected chi connectivity index (χ1v) is 11.2. The monoisotopic (exact) mass is 442 g/mol. The van der Waals surface area contributed by atoms with E-state index in [1.807, 2.05) is 59.5 Å². The van der Waals surface area contributed by atoms with E-state index in [9.17, 15) is 9.59 Å². The molecule has 3 aromatic rings. The molecule has 0 N–H and O–H groups in total. The summed E-state index contributed by atoms with van der Waals surface area (Å²) in [6, 6.07) is 23.0. The maximum Gasteiger partial charge on any atom is 0.339 e. The summed E-state index contributed by atoms with van der Waals surface area (Å²) in [6.07, 6.45) is 0.235. The zero-order valence-electron chi connectivity index (χ0n) is 18.6. The molecule has 0 aliphatic carbocycles. The summed E-state index contributed by atoms with van der Waals surface area (Å²) in [4.78, 5) is 29.9. The van der Waals surface area contributed by atoms with E-state index in [0.29, 0.717) is 30.6 Å². The molecule has 1 atom stereocenters. The number of hydrogen-bond acceptors (Lipinski definition) is 5. The Morgan fingerprint density at radius 3 is 2.48 bits per heavy atom. The molecule has 0 unspecified atom stereocenters. The van der Waals surface area contributed by atoms with Crippen LogP contribution in [-0.4, -0.2) is 50.1 Å². The predicted octanol–water partition coefficient (Wildman–Crippen LogP) is 4.11. The van der Waals surface area contributed by atoms with Crippen LogP contribution in [0, 0.1) is 0 Å². The van der Waals surface area contributed by atoms with Crippen LogP contribution < -0.4 is 9.64 Å². The summed E-state index contributed by atoms with van der Waals surface area (Å²) in [6.45, 7) is 2.79. The van der Waals surface area contributed by atoms with Crippen molar-refractivity contribution in [2.45, 2.75) is 12.5 Å². The third kappa shape index (κ3) is 4.29. The van der Waals surface area contributed by atoms with Gasteiger partial charge in [-0.05, 0) is 41.5 Å². The first-order valence-electron chi connectivity index (χ1n) is 11.2. The SMILES string of the molecule is COc1cccc(N2CCN(C(=O)c3ccc4c(c3)C[C@H](c3ccccc3)OC4=O)CC2)c1. The van der Waals surface area contributed by atoms with E-state index in [-0.39, 0.29) is 18.0 Å². The highest BCUT2D eigenvalue weighted by Gasteiger charge is 2.29. The zero-order chi connectivity index (χ0) is 22.8. The number of ether oxygens (including phenoxy) is 2. The molecule has 1 fully saturated rings. The summed E-state index contributed by atoms with van der Waals surface area (Å²) < 4.78 is 11.0. The second-order valence-corrected chi connectivity index (χ2v) is 8.36. The van der Waals surface area contributed by atoms with Crippen molar-refractivity contribution in [3.05, 3.63) is 95.1 Å². The van der Waals surface area contributed by atoms with Crippen molar-refractivity contribution < 1.29 is 19.1 Å². The van der Waals surface area contributed by atoms with Crippen LogP contribution in [0.25, 0.3) is 0 Å². The lowest BCUT2D eigenvalue weighted by molar-refractivity contribution is 0.0252. The number of rotatable bonds is 4. The van der Waals surface area contributed by atoms with Gasteiger partial charge in [0, 0.05) is 49.9 Å². The summed E-state index contributed by atoms with van der Waals surface area (Å²) in [5, 5.41) is 0. The number of amides is 1. The number of benzene rings is 3. The molecule has 168 valence electrons. The third-order valence-electron chi connectivity index (χ3n) is 6.38. The Morgan fingerprint density at radius 2 is 1.73 bits per heavy atom. The number of piperazine rings is 1. The Hall–Kier alpha value is -3.80. The van der Waals surface area contributed by atoms with Crippen molar-refractivity contribution in [2.75, 3.05) is 38.2 Å². The first kappa shape index (κ1) is 21.1. The van der Waals surface area contributed by atoms with Crippen LogP contribution in [0.4, 0.5) is 5.69 Å². The maximum absolute atomic E-state index is 13.2. The molecule has 0 saturated carbocycles. The Kier molecular flexibility index (Phi) is 5.73. The average Bonchev–Trinajstić information content (AvgIpc) is 2.88. The van der Waals surface area contributed by atoms with E-state index in [1.54, 1.807) is 19.2 Å². The molecule has 0 bridgehead atoms. The number of fused-ring (bicyclic) bond motifs is 1. The Balaban J connectivity index is 1.29. The molecule has 2 aliphatic rings. The van der Waals surface area contributed by atoms with Gasteiger partial charge in [-0.25, -0.2) is 4.79 Å². The Bertz CT molecular complexity index is 1170.